The standard InChI is InChI=1S/C13H20N2O2/c1-17-13-5-3-2-4-11(13)12(10-16)15-8-6-14-7-9-15/h2-5,12,14,16H,6-10H2,1H3. The third kappa shape index (κ3) is 2.77. The van der Waals surface area contributed by atoms with Gasteiger partial charge < -0.3 is 15.2 Å². The molecule has 1 aromatic rings. The van der Waals surface area contributed by atoms with E-state index in [1.165, 1.54) is 0 Å². The van der Waals surface area contributed by atoms with Crippen LogP contribution in [0.25, 0.3) is 0 Å². The van der Waals surface area contributed by atoms with E-state index >= 15 is 0 Å². The van der Waals surface area contributed by atoms with E-state index in [0.717, 1.165) is 37.5 Å². The molecule has 4 nitrogen and oxygen atoms in total. The number of nitrogens with zero attached hydrogens (tertiary/aromatic N) is 1. The van der Waals surface area contributed by atoms with Crippen LogP contribution >= 0.6 is 0 Å². The van der Waals surface area contributed by atoms with Crippen LogP contribution in [0, 0.1) is 0 Å². The summed E-state index contributed by atoms with van der Waals surface area (Å²) in [6.07, 6.45) is 0. The Morgan fingerprint density at radius 3 is 2.71 bits per heavy atom. The first kappa shape index (κ1) is 12.4. The zero-order chi connectivity index (χ0) is 12.1. The summed E-state index contributed by atoms with van der Waals surface area (Å²) in [5.41, 5.74) is 1.07. The van der Waals surface area contributed by atoms with Crippen molar-refractivity contribution in [3.05, 3.63) is 29.8 Å². The van der Waals surface area contributed by atoms with Crippen LogP contribution in [-0.2, 0) is 0 Å². The maximum absolute atomic E-state index is 9.63. The van der Waals surface area contributed by atoms with Gasteiger partial charge in [0.1, 0.15) is 5.75 Å². The van der Waals surface area contributed by atoms with Crippen LogP contribution in [0.1, 0.15) is 11.6 Å². The summed E-state index contributed by atoms with van der Waals surface area (Å²) >= 11 is 0. The fourth-order valence-corrected chi connectivity index (χ4v) is 2.35. The number of methoxy groups -OCH3 is 1. The Hall–Kier alpha value is -1.10. The third-order valence-corrected chi connectivity index (χ3v) is 3.26. The van der Waals surface area contributed by atoms with Gasteiger partial charge in [0.2, 0.25) is 0 Å². The van der Waals surface area contributed by atoms with Crippen molar-refractivity contribution >= 4 is 0 Å². The molecule has 17 heavy (non-hydrogen) atoms. The van der Waals surface area contributed by atoms with E-state index in [1.807, 2.05) is 24.3 Å². The van der Waals surface area contributed by atoms with Crippen molar-refractivity contribution in [1.82, 2.24) is 10.2 Å². The first-order valence-electron chi connectivity index (χ1n) is 6.05. The van der Waals surface area contributed by atoms with Crippen LogP contribution in [0.4, 0.5) is 0 Å². The maximum atomic E-state index is 9.63. The van der Waals surface area contributed by atoms with Crippen LogP contribution in [0.3, 0.4) is 0 Å². The van der Waals surface area contributed by atoms with Crippen molar-refractivity contribution in [2.75, 3.05) is 39.9 Å². The Morgan fingerprint density at radius 1 is 1.35 bits per heavy atom. The second kappa shape index (κ2) is 6.00. The first-order valence-corrected chi connectivity index (χ1v) is 6.05. The van der Waals surface area contributed by atoms with Crippen molar-refractivity contribution in [2.24, 2.45) is 0 Å². The van der Waals surface area contributed by atoms with E-state index in [2.05, 4.69) is 10.2 Å². The molecule has 1 aromatic carbocycles. The molecule has 1 fully saturated rings. The molecule has 1 atom stereocenters. The highest BCUT2D eigenvalue weighted by atomic mass is 16.5. The number of nitrogens with one attached hydrogen (secondary N) is 1. The van der Waals surface area contributed by atoms with Gasteiger partial charge in [0.05, 0.1) is 19.8 Å². The molecule has 0 amide bonds. The van der Waals surface area contributed by atoms with Gasteiger partial charge in [-0.25, -0.2) is 0 Å². The fraction of sp³-hybridized carbons (Fsp3) is 0.538. The molecule has 2 rings (SSSR count). The van der Waals surface area contributed by atoms with E-state index in [4.69, 9.17) is 4.74 Å². The Kier molecular flexibility index (Phi) is 4.36. The Morgan fingerprint density at radius 2 is 2.06 bits per heavy atom. The molecule has 2 N–H and O–H groups in total. The number of aliphatic hydroxyl groups is 1. The van der Waals surface area contributed by atoms with Crippen LogP contribution in [0.2, 0.25) is 0 Å². The summed E-state index contributed by atoms with van der Waals surface area (Å²) in [5.74, 6) is 0.852. The quantitative estimate of drug-likeness (QED) is 0.805. The molecule has 0 aromatic heterocycles. The second-order valence-electron chi connectivity index (χ2n) is 4.23. The molecule has 94 valence electrons. The monoisotopic (exact) mass is 236 g/mol. The smallest absolute Gasteiger partial charge is 0.123 e. The predicted octanol–water partition coefficient (Wildman–Crippen LogP) is 0.634. The van der Waals surface area contributed by atoms with Gasteiger partial charge in [0.25, 0.3) is 0 Å². The molecule has 0 spiro atoms. The molecule has 0 aliphatic carbocycles. The Labute approximate surface area is 102 Å². The summed E-state index contributed by atoms with van der Waals surface area (Å²) in [5, 5.41) is 13.0. The van der Waals surface area contributed by atoms with Gasteiger partial charge in [-0.2, -0.15) is 0 Å². The molecule has 1 aliphatic heterocycles. The number of piperazine rings is 1. The summed E-state index contributed by atoms with van der Waals surface area (Å²) < 4.78 is 5.37. The lowest BCUT2D eigenvalue weighted by Gasteiger charge is -2.34. The van der Waals surface area contributed by atoms with Gasteiger partial charge in [0, 0.05) is 31.7 Å². The van der Waals surface area contributed by atoms with Crippen molar-refractivity contribution in [3.63, 3.8) is 0 Å². The number of hydrogen-bond acceptors (Lipinski definition) is 4. The first-order chi connectivity index (χ1) is 8.36. The summed E-state index contributed by atoms with van der Waals surface area (Å²) in [6, 6.07) is 7.95. The molecular weight excluding hydrogens is 216 g/mol. The van der Waals surface area contributed by atoms with Gasteiger partial charge >= 0.3 is 0 Å². The summed E-state index contributed by atoms with van der Waals surface area (Å²) in [6.45, 7) is 4.00. The molecule has 4 heteroatoms. The van der Waals surface area contributed by atoms with Gasteiger partial charge in [-0.05, 0) is 6.07 Å². The molecular formula is C13H20N2O2. The molecule has 1 aliphatic rings. The van der Waals surface area contributed by atoms with E-state index in [0.29, 0.717) is 0 Å². The second-order valence-corrected chi connectivity index (χ2v) is 4.23. The van der Waals surface area contributed by atoms with Gasteiger partial charge in [-0.3, -0.25) is 4.90 Å². The SMILES string of the molecule is COc1ccccc1C(CO)N1CCNCC1. The highest BCUT2D eigenvalue weighted by Gasteiger charge is 2.23. The normalized spacial score (nSPS) is 18.9. The summed E-state index contributed by atoms with van der Waals surface area (Å²) in [4.78, 5) is 2.30. The van der Waals surface area contributed by atoms with Crippen LogP contribution < -0.4 is 10.1 Å². The van der Waals surface area contributed by atoms with Gasteiger partial charge in [-0.1, -0.05) is 18.2 Å². The lowest BCUT2D eigenvalue weighted by Crippen LogP contribution is -2.46. The van der Waals surface area contributed by atoms with Crippen molar-refractivity contribution in [2.45, 2.75) is 6.04 Å². The number of hydrogen-bond donors (Lipinski definition) is 2. The molecule has 1 heterocycles. The highest BCUT2D eigenvalue weighted by molar-refractivity contribution is 5.36. The topological polar surface area (TPSA) is 44.7 Å². The number of aliphatic hydroxyl groups excluding tert-OH is 1. The highest BCUT2D eigenvalue weighted by Crippen LogP contribution is 2.28. The molecule has 1 saturated heterocycles. The average Bonchev–Trinajstić information content (AvgIpc) is 2.41. The van der Waals surface area contributed by atoms with Gasteiger partial charge in [-0.15, -0.1) is 0 Å². The molecule has 1 unspecified atom stereocenters. The lowest BCUT2D eigenvalue weighted by atomic mass is 10.0. The van der Waals surface area contributed by atoms with E-state index in [9.17, 15) is 5.11 Å². The Balaban J connectivity index is 2.21. The van der Waals surface area contributed by atoms with E-state index in [1.54, 1.807) is 7.11 Å². The van der Waals surface area contributed by atoms with Crippen LogP contribution in [-0.4, -0.2) is 49.9 Å². The number of benzene rings is 1. The minimum absolute atomic E-state index is 0.0354. The minimum Gasteiger partial charge on any atom is -0.496 e. The third-order valence-electron chi connectivity index (χ3n) is 3.26. The number of rotatable bonds is 4. The van der Waals surface area contributed by atoms with Crippen molar-refractivity contribution < 1.29 is 9.84 Å². The minimum atomic E-state index is 0.0354. The number of ether oxygens (including phenoxy) is 1. The zero-order valence-electron chi connectivity index (χ0n) is 10.2. The van der Waals surface area contributed by atoms with E-state index in [-0.39, 0.29) is 12.6 Å². The largest absolute Gasteiger partial charge is 0.496 e. The molecule has 0 saturated carbocycles. The molecule has 0 bridgehead atoms. The maximum Gasteiger partial charge on any atom is 0.123 e. The lowest BCUT2D eigenvalue weighted by molar-refractivity contribution is 0.109. The summed E-state index contributed by atoms with van der Waals surface area (Å²) in [7, 11) is 1.67. The average molecular weight is 236 g/mol. The number of para-hydroxylation sites is 1. The Bertz CT molecular complexity index is 351. The van der Waals surface area contributed by atoms with Crippen molar-refractivity contribution in [1.29, 1.82) is 0 Å². The predicted molar refractivity (Wildman–Crippen MR) is 67.3 cm³/mol. The van der Waals surface area contributed by atoms with E-state index < -0.39 is 0 Å². The fourth-order valence-electron chi connectivity index (χ4n) is 2.35. The molecule has 0 radical (unpaired) electrons. The van der Waals surface area contributed by atoms with Crippen LogP contribution in [0.5, 0.6) is 5.75 Å². The van der Waals surface area contributed by atoms with Gasteiger partial charge in [0.15, 0.2) is 0 Å². The van der Waals surface area contributed by atoms with Crippen LogP contribution in [0.15, 0.2) is 24.3 Å². The van der Waals surface area contributed by atoms with Crippen molar-refractivity contribution in [3.8, 4) is 5.75 Å². The zero-order valence-corrected chi connectivity index (χ0v) is 10.2.